The zero-order chi connectivity index (χ0) is 26.2. The summed E-state index contributed by atoms with van der Waals surface area (Å²) in [5.41, 5.74) is 4.24. The number of nitrogens with one attached hydrogen (secondary N) is 1. The number of hydrogen-bond acceptors (Lipinski definition) is 7. The molecule has 1 aliphatic heterocycles. The molecule has 1 unspecified atom stereocenters. The van der Waals surface area contributed by atoms with Crippen molar-refractivity contribution in [3.63, 3.8) is 0 Å². The van der Waals surface area contributed by atoms with Gasteiger partial charge < -0.3 is 19.9 Å². The maximum Gasteiger partial charge on any atom is 0.226 e. The number of ketones is 1. The standard InChI is InChI=1S/C30H39N5O2/c1-31-17-15-28(24-10-6-5-7-11-24)37-21-22-9-8-12-25(19-22)23-13-14-27(36)26-20-32-30(34(2)3)33-29(26)35(4)18-16-23/h5-12,19-20,23,28,31H,13-18,21H2,1-4H3/t23?,28-/m1/s1. The highest BCUT2D eigenvalue weighted by Gasteiger charge is 2.24. The highest BCUT2D eigenvalue weighted by Crippen LogP contribution is 2.32. The minimum Gasteiger partial charge on any atom is -0.369 e. The van der Waals surface area contributed by atoms with Gasteiger partial charge in [-0.05, 0) is 55.5 Å². The van der Waals surface area contributed by atoms with E-state index < -0.39 is 0 Å². The molecule has 0 saturated carbocycles. The number of benzene rings is 2. The van der Waals surface area contributed by atoms with Gasteiger partial charge in [-0.2, -0.15) is 4.98 Å². The third-order valence-electron chi connectivity index (χ3n) is 7.05. The molecule has 37 heavy (non-hydrogen) atoms. The van der Waals surface area contributed by atoms with Gasteiger partial charge in [0.2, 0.25) is 5.95 Å². The number of hydrogen-bond donors (Lipinski definition) is 1. The first kappa shape index (κ1) is 26.8. The highest BCUT2D eigenvalue weighted by atomic mass is 16.5. The Morgan fingerprint density at radius 1 is 1.14 bits per heavy atom. The number of rotatable bonds is 9. The summed E-state index contributed by atoms with van der Waals surface area (Å²) < 4.78 is 6.41. The molecular weight excluding hydrogens is 462 g/mol. The largest absolute Gasteiger partial charge is 0.369 e. The molecular formula is C30H39N5O2. The quantitative estimate of drug-likeness (QED) is 0.443. The molecule has 0 amide bonds. The second kappa shape index (κ2) is 12.8. The Hall–Kier alpha value is -3.29. The van der Waals surface area contributed by atoms with Gasteiger partial charge >= 0.3 is 0 Å². The van der Waals surface area contributed by atoms with Gasteiger partial charge in [0.05, 0.1) is 18.3 Å². The second-order valence-corrected chi connectivity index (χ2v) is 10.0. The van der Waals surface area contributed by atoms with Crippen LogP contribution >= 0.6 is 0 Å². The Kier molecular flexibility index (Phi) is 9.25. The van der Waals surface area contributed by atoms with E-state index in [0.29, 0.717) is 24.5 Å². The first-order valence-corrected chi connectivity index (χ1v) is 13.1. The van der Waals surface area contributed by atoms with Crippen molar-refractivity contribution in [3.05, 3.63) is 83.0 Å². The average molecular weight is 502 g/mol. The van der Waals surface area contributed by atoms with Gasteiger partial charge in [0.1, 0.15) is 5.82 Å². The number of nitrogens with zero attached hydrogens (tertiary/aromatic N) is 4. The van der Waals surface area contributed by atoms with E-state index >= 15 is 0 Å². The van der Waals surface area contributed by atoms with E-state index in [9.17, 15) is 4.79 Å². The molecule has 1 aliphatic rings. The number of carbonyl (C=O) groups excluding carboxylic acids is 1. The van der Waals surface area contributed by atoms with Crippen molar-refractivity contribution in [2.24, 2.45) is 0 Å². The van der Waals surface area contributed by atoms with Crippen LogP contribution < -0.4 is 15.1 Å². The molecule has 1 N–H and O–H groups in total. The summed E-state index contributed by atoms with van der Waals surface area (Å²) >= 11 is 0. The first-order valence-electron chi connectivity index (χ1n) is 13.1. The summed E-state index contributed by atoms with van der Waals surface area (Å²) in [6, 6.07) is 19.1. The van der Waals surface area contributed by atoms with Crippen molar-refractivity contribution in [2.45, 2.75) is 44.3 Å². The minimum absolute atomic E-state index is 0.0418. The monoisotopic (exact) mass is 501 g/mol. The summed E-state index contributed by atoms with van der Waals surface area (Å²) in [6.45, 7) is 2.26. The lowest BCUT2D eigenvalue weighted by Gasteiger charge is -2.23. The molecule has 4 rings (SSSR count). The molecule has 0 fully saturated rings. The van der Waals surface area contributed by atoms with E-state index in [-0.39, 0.29) is 17.8 Å². The Morgan fingerprint density at radius 2 is 1.95 bits per heavy atom. The minimum atomic E-state index is 0.0418. The Balaban J connectivity index is 1.47. The van der Waals surface area contributed by atoms with E-state index in [1.54, 1.807) is 6.20 Å². The van der Waals surface area contributed by atoms with Crippen molar-refractivity contribution in [2.75, 3.05) is 51.1 Å². The van der Waals surface area contributed by atoms with E-state index in [2.05, 4.69) is 68.7 Å². The fourth-order valence-corrected chi connectivity index (χ4v) is 4.86. The smallest absolute Gasteiger partial charge is 0.226 e. The van der Waals surface area contributed by atoms with Gasteiger partial charge in [-0.3, -0.25) is 4.79 Å². The lowest BCUT2D eigenvalue weighted by atomic mass is 9.89. The summed E-state index contributed by atoms with van der Waals surface area (Å²) in [7, 11) is 7.81. The van der Waals surface area contributed by atoms with Crippen LogP contribution in [0, 0.1) is 0 Å². The van der Waals surface area contributed by atoms with E-state index in [1.165, 1.54) is 11.1 Å². The molecule has 2 aromatic carbocycles. The third kappa shape index (κ3) is 6.93. The van der Waals surface area contributed by atoms with E-state index in [0.717, 1.165) is 43.7 Å². The lowest BCUT2D eigenvalue weighted by molar-refractivity contribution is 0.0343. The Morgan fingerprint density at radius 3 is 2.70 bits per heavy atom. The Bertz CT molecular complexity index is 1170. The maximum atomic E-state index is 13.1. The topological polar surface area (TPSA) is 70.6 Å². The van der Waals surface area contributed by atoms with Gasteiger partial charge in [-0.15, -0.1) is 0 Å². The molecule has 7 heteroatoms. The fraction of sp³-hybridized carbons (Fsp3) is 0.433. The third-order valence-corrected chi connectivity index (χ3v) is 7.05. The lowest BCUT2D eigenvalue weighted by Crippen LogP contribution is -2.24. The SMILES string of the molecule is CNCC[C@@H](OCc1cccc(C2CCC(=O)c3cnc(N(C)C)nc3N(C)CC2)c1)c1ccccc1. The van der Waals surface area contributed by atoms with Gasteiger partial charge in [0.15, 0.2) is 5.78 Å². The van der Waals surface area contributed by atoms with Crippen LogP contribution in [0.15, 0.2) is 60.8 Å². The molecule has 0 aliphatic carbocycles. The van der Waals surface area contributed by atoms with Gasteiger partial charge in [-0.1, -0.05) is 54.6 Å². The molecule has 0 saturated heterocycles. The number of Topliss-reactive ketones (excluding diaryl/α,β-unsaturated/α-hetero) is 1. The summed E-state index contributed by atoms with van der Waals surface area (Å²) in [5.74, 6) is 1.73. The zero-order valence-corrected chi connectivity index (χ0v) is 22.5. The van der Waals surface area contributed by atoms with Crippen molar-refractivity contribution in [1.29, 1.82) is 0 Å². The van der Waals surface area contributed by atoms with Gasteiger partial charge in [0, 0.05) is 40.3 Å². The van der Waals surface area contributed by atoms with Crippen molar-refractivity contribution < 1.29 is 9.53 Å². The molecule has 196 valence electrons. The summed E-state index contributed by atoms with van der Waals surface area (Å²) in [5, 5.41) is 3.23. The predicted molar refractivity (Wildman–Crippen MR) is 150 cm³/mol. The Labute approximate surface area is 220 Å². The molecule has 0 bridgehead atoms. The first-order chi connectivity index (χ1) is 18.0. The maximum absolute atomic E-state index is 13.1. The molecule has 0 spiro atoms. The fourth-order valence-electron chi connectivity index (χ4n) is 4.86. The molecule has 2 heterocycles. The van der Waals surface area contributed by atoms with Crippen LogP contribution in [0.4, 0.5) is 11.8 Å². The highest BCUT2D eigenvalue weighted by molar-refractivity contribution is 6.00. The summed E-state index contributed by atoms with van der Waals surface area (Å²) in [4.78, 5) is 26.2. The molecule has 2 atom stereocenters. The van der Waals surface area contributed by atoms with Crippen LogP contribution in [-0.4, -0.2) is 57.0 Å². The van der Waals surface area contributed by atoms with Crippen molar-refractivity contribution in [3.8, 4) is 0 Å². The number of fused-ring (bicyclic) bond motifs is 1. The average Bonchev–Trinajstić information content (AvgIpc) is 2.98. The van der Waals surface area contributed by atoms with Crippen molar-refractivity contribution >= 4 is 17.5 Å². The normalized spacial score (nSPS) is 16.9. The summed E-state index contributed by atoms with van der Waals surface area (Å²) in [6.07, 6.45) is 4.88. The number of ether oxygens (including phenoxy) is 1. The molecule has 7 nitrogen and oxygen atoms in total. The van der Waals surface area contributed by atoms with Crippen LogP contribution in [0.5, 0.6) is 0 Å². The van der Waals surface area contributed by atoms with E-state index in [1.807, 2.05) is 39.2 Å². The second-order valence-electron chi connectivity index (χ2n) is 10.0. The number of carbonyl (C=O) groups is 1. The van der Waals surface area contributed by atoms with Crippen LogP contribution in [-0.2, 0) is 11.3 Å². The van der Waals surface area contributed by atoms with Crippen molar-refractivity contribution in [1.82, 2.24) is 15.3 Å². The van der Waals surface area contributed by atoms with Crippen LogP contribution in [0.2, 0.25) is 0 Å². The van der Waals surface area contributed by atoms with Gasteiger partial charge in [0.25, 0.3) is 0 Å². The van der Waals surface area contributed by atoms with Crippen LogP contribution in [0.25, 0.3) is 0 Å². The molecule has 1 aromatic heterocycles. The van der Waals surface area contributed by atoms with Gasteiger partial charge in [-0.25, -0.2) is 4.98 Å². The van der Waals surface area contributed by atoms with E-state index in [4.69, 9.17) is 4.74 Å². The number of aromatic nitrogens is 2. The molecule has 3 aromatic rings. The molecule has 0 radical (unpaired) electrons. The van der Waals surface area contributed by atoms with Crippen LogP contribution in [0.3, 0.4) is 0 Å². The number of anilines is 2. The predicted octanol–water partition coefficient (Wildman–Crippen LogP) is 5.00. The zero-order valence-electron chi connectivity index (χ0n) is 22.5. The van der Waals surface area contributed by atoms with Crippen LogP contribution in [0.1, 0.15) is 64.8 Å².